The normalized spacial score (nSPS) is 11.2. The Labute approximate surface area is 175 Å². The monoisotopic (exact) mass is 430 g/mol. The zero-order valence-electron chi connectivity index (χ0n) is 16.3. The molecule has 2 rings (SSSR count). The maximum atomic E-state index is 11.9. The summed E-state index contributed by atoms with van der Waals surface area (Å²) in [6, 6.07) is 16.0. The summed E-state index contributed by atoms with van der Waals surface area (Å²) in [7, 11) is -3.86. The number of esters is 1. The Hall–Kier alpha value is -3.30. The van der Waals surface area contributed by atoms with Crippen molar-refractivity contribution >= 4 is 33.9 Å². The second-order valence-electron chi connectivity index (χ2n) is 6.37. The van der Waals surface area contributed by atoms with E-state index in [9.17, 15) is 22.8 Å². The van der Waals surface area contributed by atoms with E-state index in [1.807, 2.05) is 23.8 Å². The lowest BCUT2D eigenvalue weighted by Gasteiger charge is -2.06. The molecule has 0 aliphatic heterocycles. The summed E-state index contributed by atoms with van der Waals surface area (Å²) in [5.74, 6) is -2.29. The summed E-state index contributed by atoms with van der Waals surface area (Å²) in [6.07, 6.45) is 1.40. The molecule has 0 saturated carbocycles. The van der Waals surface area contributed by atoms with Gasteiger partial charge >= 0.3 is 5.97 Å². The average Bonchev–Trinajstić information content (AvgIpc) is 2.71. The minimum Gasteiger partial charge on any atom is -0.455 e. The minimum atomic E-state index is -3.86. The Morgan fingerprint density at radius 1 is 0.967 bits per heavy atom. The molecule has 0 bridgehead atoms. The second-order valence-corrected chi connectivity index (χ2v) is 8.02. The smallest absolute Gasteiger partial charge is 0.321 e. The van der Waals surface area contributed by atoms with E-state index >= 15 is 0 Å². The summed E-state index contributed by atoms with van der Waals surface area (Å²) < 4.78 is 30.5. The lowest BCUT2D eigenvalue weighted by Crippen LogP contribution is -2.36. The third kappa shape index (κ3) is 8.80. The van der Waals surface area contributed by atoms with Gasteiger partial charge in [-0.25, -0.2) is 13.1 Å². The van der Waals surface area contributed by atoms with E-state index in [0.29, 0.717) is 5.56 Å². The number of amides is 2. The molecule has 0 spiro atoms. The second kappa shape index (κ2) is 11.0. The van der Waals surface area contributed by atoms with Crippen LogP contribution in [0.2, 0.25) is 0 Å². The third-order valence-electron chi connectivity index (χ3n) is 3.79. The highest BCUT2D eigenvalue weighted by atomic mass is 32.2. The summed E-state index contributed by atoms with van der Waals surface area (Å²) in [5.41, 5.74) is 2.46. The van der Waals surface area contributed by atoms with Crippen LogP contribution in [0.3, 0.4) is 0 Å². The first-order chi connectivity index (χ1) is 14.2. The molecule has 2 N–H and O–H groups in total. The molecular weight excluding hydrogens is 408 g/mol. The maximum absolute atomic E-state index is 11.9. The topological polar surface area (TPSA) is 119 Å². The molecule has 0 unspecified atom stereocenters. The van der Waals surface area contributed by atoms with Gasteiger partial charge in [0, 0.05) is 5.41 Å². The SMILES string of the molecule is Cc1ccc(C=CS(=O)(=O)NCC(=O)OCC(=O)NC(=O)Cc2ccccc2)cc1. The standard InChI is InChI=1S/C21H22N2O6S/c1-16-7-9-17(10-8-16)11-12-30(27,28)22-14-21(26)29-15-20(25)23-19(24)13-18-5-3-2-4-6-18/h2-12,22H,13-15H2,1H3,(H,23,24,25). The van der Waals surface area contributed by atoms with Crippen molar-refractivity contribution in [3.05, 3.63) is 76.7 Å². The fourth-order valence-corrected chi connectivity index (χ4v) is 3.02. The zero-order valence-corrected chi connectivity index (χ0v) is 17.1. The Bertz CT molecular complexity index is 1020. The van der Waals surface area contributed by atoms with Gasteiger partial charge in [0.1, 0.15) is 6.54 Å². The van der Waals surface area contributed by atoms with Crippen molar-refractivity contribution in [3.8, 4) is 0 Å². The average molecular weight is 430 g/mol. The number of imide groups is 1. The molecule has 0 atom stereocenters. The van der Waals surface area contributed by atoms with Crippen molar-refractivity contribution in [2.75, 3.05) is 13.2 Å². The van der Waals surface area contributed by atoms with Gasteiger partial charge < -0.3 is 4.74 Å². The van der Waals surface area contributed by atoms with E-state index < -0.39 is 41.0 Å². The van der Waals surface area contributed by atoms with E-state index in [0.717, 1.165) is 16.5 Å². The van der Waals surface area contributed by atoms with Gasteiger partial charge in [-0.1, -0.05) is 60.2 Å². The highest BCUT2D eigenvalue weighted by molar-refractivity contribution is 7.92. The van der Waals surface area contributed by atoms with Crippen molar-refractivity contribution in [3.63, 3.8) is 0 Å². The van der Waals surface area contributed by atoms with Crippen LogP contribution in [0.25, 0.3) is 6.08 Å². The molecule has 0 heterocycles. The number of ether oxygens (including phenoxy) is 1. The van der Waals surface area contributed by atoms with E-state index in [2.05, 4.69) is 10.1 Å². The van der Waals surface area contributed by atoms with Gasteiger partial charge in [0.2, 0.25) is 15.9 Å². The molecular formula is C21H22N2O6S. The van der Waals surface area contributed by atoms with Crippen LogP contribution < -0.4 is 10.0 Å². The molecule has 0 aromatic heterocycles. The molecule has 8 nitrogen and oxygen atoms in total. The number of benzene rings is 2. The summed E-state index contributed by atoms with van der Waals surface area (Å²) in [5, 5.41) is 3.02. The molecule has 30 heavy (non-hydrogen) atoms. The number of hydrogen-bond donors (Lipinski definition) is 2. The highest BCUT2D eigenvalue weighted by Gasteiger charge is 2.13. The quantitative estimate of drug-likeness (QED) is 0.579. The van der Waals surface area contributed by atoms with Crippen molar-refractivity contribution in [2.24, 2.45) is 0 Å². The number of aryl methyl sites for hydroxylation is 1. The lowest BCUT2D eigenvalue weighted by molar-refractivity contribution is -0.148. The van der Waals surface area contributed by atoms with Crippen LogP contribution >= 0.6 is 0 Å². The van der Waals surface area contributed by atoms with Gasteiger partial charge in [-0.2, -0.15) is 0 Å². The predicted octanol–water partition coefficient (Wildman–Crippen LogP) is 1.31. The van der Waals surface area contributed by atoms with Gasteiger partial charge in [0.05, 0.1) is 6.42 Å². The first-order valence-corrected chi connectivity index (χ1v) is 10.5. The molecule has 0 fully saturated rings. The Morgan fingerprint density at radius 2 is 1.63 bits per heavy atom. The molecule has 9 heteroatoms. The summed E-state index contributed by atoms with van der Waals surface area (Å²) in [4.78, 5) is 35.1. The van der Waals surface area contributed by atoms with Crippen LogP contribution in [-0.4, -0.2) is 39.4 Å². The van der Waals surface area contributed by atoms with Crippen LogP contribution in [-0.2, 0) is 35.6 Å². The lowest BCUT2D eigenvalue weighted by atomic mass is 10.1. The fraction of sp³-hybridized carbons (Fsp3) is 0.190. The largest absolute Gasteiger partial charge is 0.455 e. The fourth-order valence-electron chi connectivity index (χ4n) is 2.27. The molecule has 2 amide bonds. The van der Waals surface area contributed by atoms with Gasteiger partial charge in [-0.3, -0.25) is 19.7 Å². The molecule has 2 aromatic carbocycles. The maximum Gasteiger partial charge on any atom is 0.321 e. The number of hydrogen-bond acceptors (Lipinski definition) is 6. The van der Waals surface area contributed by atoms with E-state index in [1.54, 1.807) is 42.5 Å². The van der Waals surface area contributed by atoms with E-state index in [4.69, 9.17) is 0 Å². The highest BCUT2D eigenvalue weighted by Crippen LogP contribution is 2.06. The number of sulfonamides is 1. The van der Waals surface area contributed by atoms with Crippen LogP contribution in [0.15, 0.2) is 60.0 Å². The summed E-state index contributed by atoms with van der Waals surface area (Å²) >= 11 is 0. The third-order valence-corrected chi connectivity index (χ3v) is 4.83. The Kier molecular flexibility index (Phi) is 8.45. The van der Waals surface area contributed by atoms with Crippen molar-refractivity contribution in [1.29, 1.82) is 0 Å². The predicted molar refractivity (Wildman–Crippen MR) is 111 cm³/mol. The van der Waals surface area contributed by atoms with Crippen molar-refractivity contribution in [2.45, 2.75) is 13.3 Å². The number of carbonyl (C=O) groups excluding carboxylic acids is 3. The van der Waals surface area contributed by atoms with Crippen molar-refractivity contribution < 1.29 is 27.5 Å². The Balaban J connectivity index is 1.71. The molecule has 158 valence electrons. The van der Waals surface area contributed by atoms with Crippen LogP contribution in [0.5, 0.6) is 0 Å². The molecule has 0 aliphatic carbocycles. The Morgan fingerprint density at radius 3 is 2.30 bits per heavy atom. The number of rotatable bonds is 9. The van der Waals surface area contributed by atoms with Gasteiger partial charge in [0.15, 0.2) is 6.61 Å². The first kappa shape index (κ1) is 23.0. The molecule has 0 saturated heterocycles. The first-order valence-electron chi connectivity index (χ1n) is 9.00. The van der Waals surface area contributed by atoms with Crippen LogP contribution in [0, 0.1) is 6.92 Å². The van der Waals surface area contributed by atoms with Crippen molar-refractivity contribution in [1.82, 2.24) is 10.0 Å². The number of carbonyl (C=O) groups is 3. The summed E-state index contributed by atoms with van der Waals surface area (Å²) in [6.45, 7) is 0.572. The van der Waals surface area contributed by atoms with Gasteiger partial charge in [0.25, 0.3) is 5.91 Å². The minimum absolute atomic E-state index is 0.00758. The van der Waals surface area contributed by atoms with Crippen LogP contribution in [0.1, 0.15) is 16.7 Å². The van der Waals surface area contributed by atoms with E-state index in [-0.39, 0.29) is 6.42 Å². The molecule has 2 aromatic rings. The molecule has 0 radical (unpaired) electrons. The molecule has 0 aliphatic rings. The van der Waals surface area contributed by atoms with Gasteiger partial charge in [-0.05, 0) is 24.1 Å². The van der Waals surface area contributed by atoms with Crippen LogP contribution in [0.4, 0.5) is 0 Å². The van der Waals surface area contributed by atoms with E-state index in [1.165, 1.54) is 6.08 Å². The zero-order chi connectivity index (χ0) is 22.0. The van der Waals surface area contributed by atoms with Gasteiger partial charge in [-0.15, -0.1) is 0 Å². The number of nitrogens with one attached hydrogen (secondary N) is 2.